The summed E-state index contributed by atoms with van der Waals surface area (Å²) in [6.45, 7) is 0.850. The fraction of sp³-hybridized carbons (Fsp3) is 0.455. The Kier molecular flexibility index (Phi) is 5.64. The van der Waals surface area contributed by atoms with Crippen molar-refractivity contribution in [1.29, 1.82) is 0 Å². The lowest BCUT2D eigenvalue weighted by molar-refractivity contribution is 0.414. The topological polar surface area (TPSA) is 72.6 Å². The molecule has 1 aromatic rings. The SMILES string of the molecule is COc1ccc(S(=O)(=O)N2CC[C@@H](N)C2)c(Br)c1.Cl. The minimum absolute atomic E-state index is 0. The summed E-state index contributed by atoms with van der Waals surface area (Å²) in [7, 11) is -1.94. The molecular formula is C11H16BrClN2O3S. The summed E-state index contributed by atoms with van der Waals surface area (Å²) in [6.07, 6.45) is 0.701. The normalized spacial score (nSPS) is 20.1. The molecule has 1 fully saturated rings. The maximum atomic E-state index is 12.4. The number of halogens is 2. The maximum Gasteiger partial charge on any atom is 0.244 e. The van der Waals surface area contributed by atoms with E-state index in [1.807, 2.05) is 0 Å². The Morgan fingerprint density at radius 1 is 1.47 bits per heavy atom. The Morgan fingerprint density at radius 2 is 2.16 bits per heavy atom. The van der Waals surface area contributed by atoms with Crippen LogP contribution in [0.3, 0.4) is 0 Å². The number of nitrogens with two attached hydrogens (primary N) is 1. The standard InChI is InChI=1S/C11H15BrN2O3S.ClH/c1-17-9-2-3-11(10(12)6-9)18(15,16)14-5-4-8(13)7-14;/h2-3,6,8H,4-5,7,13H2,1H3;1H/t8-;/m1./s1. The Labute approximate surface area is 127 Å². The van der Waals surface area contributed by atoms with Crippen molar-refractivity contribution in [3.63, 3.8) is 0 Å². The molecule has 0 bridgehead atoms. The largest absolute Gasteiger partial charge is 0.497 e. The van der Waals surface area contributed by atoms with E-state index in [0.717, 1.165) is 0 Å². The van der Waals surface area contributed by atoms with Gasteiger partial charge >= 0.3 is 0 Å². The molecular weight excluding hydrogens is 356 g/mol. The fourth-order valence-electron chi connectivity index (χ4n) is 1.93. The average molecular weight is 372 g/mol. The predicted octanol–water partition coefficient (Wildman–Crippen LogP) is 1.60. The van der Waals surface area contributed by atoms with E-state index in [-0.39, 0.29) is 23.3 Å². The molecule has 0 unspecified atom stereocenters. The molecule has 0 aliphatic carbocycles. The Hall–Kier alpha value is -0.340. The van der Waals surface area contributed by atoms with Gasteiger partial charge in [0.05, 0.1) is 12.0 Å². The van der Waals surface area contributed by atoms with Crippen LogP contribution in [0.15, 0.2) is 27.6 Å². The summed E-state index contributed by atoms with van der Waals surface area (Å²) < 4.78 is 31.8. The second-order valence-corrected chi connectivity index (χ2v) is 6.97. The number of hydrogen-bond donors (Lipinski definition) is 1. The van der Waals surface area contributed by atoms with E-state index in [9.17, 15) is 8.42 Å². The first-order valence-corrected chi connectivity index (χ1v) is 7.77. The van der Waals surface area contributed by atoms with Gasteiger partial charge in [0.2, 0.25) is 10.0 Å². The third-order valence-electron chi connectivity index (χ3n) is 2.94. The van der Waals surface area contributed by atoms with Gasteiger partial charge in [-0.1, -0.05) is 0 Å². The monoisotopic (exact) mass is 370 g/mol. The molecule has 1 atom stereocenters. The number of benzene rings is 1. The third-order valence-corrected chi connectivity index (χ3v) is 5.79. The molecule has 5 nitrogen and oxygen atoms in total. The molecule has 2 rings (SSSR count). The summed E-state index contributed by atoms with van der Waals surface area (Å²) in [4.78, 5) is 0.248. The van der Waals surface area contributed by atoms with E-state index < -0.39 is 10.0 Å². The van der Waals surface area contributed by atoms with Crippen molar-refractivity contribution in [2.45, 2.75) is 17.4 Å². The van der Waals surface area contributed by atoms with E-state index in [1.165, 1.54) is 11.4 Å². The molecule has 0 spiro atoms. The number of sulfonamides is 1. The van der Waals surface area contributed by atoms with Crippen LogP contribution in [0.25, 0.3) is 0 Å². The molecule has 8 heteroatoms. The lowest BCUT2D eigenvalue weighted by Crippen LogP contribution is -2.32. The minimum atomic E-state index is -3.48. The molecule has 1 aliphatic rings. The lowest BCUT2D eigenvalue weighted by atomic mass is 10.3. The van der Waals surface area contributed by atoms with Crippen LogP contribution in [0.1, 0.15) is 6.42 Å². The summed E-state index contributed by atoms with van der Waals surface area (Å²) in [5.41, 5.74) is 5.75. The van der Waals surface area contributed by atoms with Gasteiger partial charge in [0, 0.05) is 23.6 Å². The molecule has 0 amide bonds. The molecule has 0 saturated carbocycles. The Morgan fingerprint density at radius 3 is 2.63 bits per heavy atom. The van der Waals surface area contributed by atoms with Crippen LogP contribution in [0.2, 0.25) is 0 Å². The van der Waals surface area contributed by atoms with Gasteiger partial charge in [0.25, 0.3) is 0 Å². The molecule has 1 aromatic carbocycles. The van der Waals surface area contributed by atoms with E-state index in [1.54, 1.807) is 18.2 Å². The predicted molar refractivity (Wildman–Crippen MR) is 79.3 cm³/mol. The molecule has 1 aliphatic heterocycles. The molecule has 1 saturated heterocycles. The van der Waals surface area contributed by atoms with Crippen molar-refractivity contribution in [3.05, 3.63) is 22.7 Å². The summed E-state index contributed by atoms with van der Waals surface area (Å²) >= 11 is 3.27. The van der Waals surface area contributed by atoms with Gasteiger partial charge in [-0.25, -0.2) is 8.42 Å². The van der Waals surface area contributed by atoms with Gasteiger partial charge in [-0.3, -0.25) is 0 Å². The van der Waals surface area contributed by atoms with Gasteiger partial charge in [-0.05, 0) is 40.5 Å². The molecule has 0 aromatic heterocycles. The van der Waals surface area contributed by atoms with E-state index in [4.69, 9.17) is 10.5 Å². The lowest BCUT2D eigenvalue weighted by Gasteiger charge is -2.17. The second-order valence-electron chi connectivity index (χ2n) is 4.21. The van der Waals surface area contributed by atoms with Gasteiger partial charge in [-0.2, -0.15) is 4.31 Å². The van der Waals surface area contributed by atoms with Gasteiger partial charge < -0.3 is 10.5 Å². The zero-order valence-electron chi connectivity index (χ0n) is 10.4. The smallest absolute Gasteiger partial charge is 0.244 e. The van der Waals surface area contributed by atoms with Crippen molar-refractivity contribution >= 4 is 38.4 Å². The number of ether oxygens (including phenoxy) is 1. The van der Waals surface area contributed by atoms with E-state index >= 15 is 0 Å². The van der Waals surface area contributed by atoms with Crippen molar-refractivity contribution in [3.8, 4) is 5.75 Å². The molecule has 0 radical (unpaired) electrons. The van der Waals surface area contributed by atoms with Crippen molar-refractivity contribution in [1.82, 2.24) is 4.31 Å². The van der Waals surface area contributed by atoms with Crippen LogP contribution >= 0.6 is 28.3 Å². The van der Waals surface area contributed by atoms with Crippen LogP contribution in [-0.4, -0.2) is 39.0 Å². The fourth-order valence-corrected chi connectivity index (χ4v) is 4.46. The summed E-state index contributed by atoms with van der Waals surface area (Å²) in [5, 5.41) is 0. The first kappa shape index (κ1) is 16.7. The summed E-state index contributed by atoms with van der Waals surface area (Å²) in [6, 6.07) is 4.75. The highest BCUT2D eigenvalue weighted by molar-refractivity contribution is 9.10. The maximum absolute atomic E-state index is 12.4. The van der Waals surface area contributed by atoms with Gasteiger partial charge in [0.15, 0.2) is 0 Å². The second kappa shape index (κ2) is 6.41. The molecule has 108 valence electrons. The third kappa shape index (κ3) is 3.41. The van der Waals surface area contributed by atoms with Crippen molar-refractivity contribution in [2.75, 3.05) is 20.2 Å². The number of hydrogen-bond acceptors (Lipinski definition) is 4. The quantitative estimate of drug-likeness (QED) is 0.876. The summed E-state index contributed by atoms with van der Waals surface area (Å²) in [5.74, 6) is 0.610. The van der Waals surface area contributed by atoms with Gasteiger partial charge in [0.1, 0.15) is 5.75 Å². The Balaban J connectivity index is 0.00000180. The average Bonchev–Trinajstić information content (AvgIpc) is 2.76. The first-order chi connectivity index (χ1) is 8.45. The van der Waals surface area contributed by atoms with Gasteiger partial charge in [-0.15, -0.1) is 12.4 Å². The van der Waals surface area contributed by atoms with E-state index in [2.05, 4.69) is 15.9 Å². The highest BCUT2D eigenvalue weighted by Gasteiger charge is 2.32. The molecule has 1 heterocycles. The zero-order valence-corrected chi connectivity index (χ0v) is 13.6. The Bertz CT molecular complexity index is 553. The van der Waals surface area contributed by atoms with Crippen molar-refractivity contribution < 1.29 is 13.2 Å². The number of rotatable bonds is 3. The van der Waals surface area contributed by atoms with Crippen LogP contribution in [-0.2, 0) is 10.0 Å². The van der Waals surface area contributed by atoms with Crippen LogP contribution in [0.5, 0.6) is 5.75 Å². The van der Waals surface area contributed by atoms with Crippen LogP contribution in [0.4, 0.5) is 0 Å². The highest BCUT2D eigenvalue weighted by Crippen LogP contribution is 2.30. The molecule has 19 heavy (non-hydrogen) atoms. The number of nitrogens with zero attached hydrogens (tertiary/aromatic N) is 1. The van der Waals surface area contributed by atoms with Crippen LogP contribution < -0.4 is 10.5 Å². The first-order valence-electron chi connectivity index (χ1n) is 5.54. The van der Waals surface area contributed by atoms with Crippen molar-refractivity contribution in [2.24, 2.45) is 5.73 Å². The molecule has 2 N–H and O–H groups in total. The van der Waals surface area contributed by atoms with E-state index in [0.29, 0.717) is 29.7 Å². The number of methoxy groups -OCH3 is 1. The minimum Gasteiger partial charge on any atom is -0.497 e. The van der Waals surface area contributed by atoms with Crippen LogP contribution in [0, 0.1) is 0 Å². The highest BCUT2D eigenvalue weighted by atomic mass is 79.9. The zero-order chi connectivity index (χ0) is 13.3.